The van der Waals surface area contributed by atoms with Gasteiger partial charge in [0.05, 0.1) is 17.8 Å². The van der Waals surface area contributed by atoms with E-state index in [0.29, 0.717) is 0 Å². The zero-order valence-corrected chi connectivity index (χ0v) is 12.3. The standard InChI is InChI=1S/C16H14ClFN2O/c1-20(14-7-6-10-4-2-3-5-12(10)14)16(21)13-8-11(18)9-19-15(13)17/h2-5,8-9,14H,6-7H2,1H3. The van der Waals surface area contributed by atoms with Crippen molar-refractivity contribution in [1.29, 1.82) is 0 Å². The molecule has 1 aliphatic carbocycles. The number of carbonyl (C=O) groups excluding carboxylic acids is 1. The highest BCUT2D eigenvalue weighted by molar-refractivity contribution is 6.32. The number of aromatic nitrogens is 1. The van der Waals surface area contributed by atoms with Gasteiger partial charge in [-0.05, 0) is 30.0 Å². The van der Waals surface area contributed by atoms with Crippen molar-refractivity contribution >= 4 is 17.5 Å². The molecule has 0 spiro atoms. The summed E-state index contributed by atoms with van der Waals surface area (Å²) >= 11 is 5.92. The van der Waals surface area contributed by atoms with E-state index < -0.39 is 5.82 Å². The highest BCUT2D eigenvalue weighted by Crippen LogP contribution is 2.35. The van der Waals surface area contributed by atoms with Crippen molar-refractivity contribution in [2.45, 2.75) is 18.9 Å². The van der Waals surface area contributed by atoms with Gasteiger partial charge >= 0.3 is 0 Å². The average molecular weight is 305 g/mol. The quantitative estimate of drug-likeness (QED) is 0.794. The van der Waals surface area contributed by atoms with Crippen molar-refractivity contribution < 1.29 is 9.18 Å². The molecule has 1 atom stereocenters. The van der Waals surface area contributed by atoms with Gasteiger partial charge in [0.2, 0.25) is 0 Å². The topological polar surface area (TPSA) is 33.2 Å². The predicted octanol–water partition coefficient (Wildman–Crippen LogP) is 3.63. The molecule has 3 rings (SSSR count). The van der Waals surface area contributed by atoms with Crippen LogP contribution in [0.2, 0.25) is 5.15 Å². The lowest BCUT2D eigenvalue weighted by Crippen LogP contribution is -2.30. The van der Waals surface area contributed by atoms with Crippen LogP contribution in [-0.4, -0.2) is 22.8 Å². The predicted molar refractivity (Wildman–Crippen MR) is 78.8 cm³/mol. The van der Waals surface area contributed by atoms with Gasteiger partial charge in [0.1, 0.15) is 11.0 Å². The van der Waals surface area contributed by atoms with Crippen molar-refractivity contribution in [2.75, 3.05) is 7.05 Å². The van der Waals surface area contributed by atoms with E-state index in [1.807, 2.05) is 18.2 Å². The second kappa shape index (κ2) is 5.45. The summed E-state index contributed by atoms with van der Waals surface area (Å²) in [6.45, 7) is 0. The van der Waals surface area contributed by atoms with Crippen molar-refractivity contribution in [2.24, 2.45) is 0 Å². The van der Waals surface area contributed by atoms with Crippen LogP contribution in [0, 0.1) is 5.82 Å². The molecule has 21 heavy (non-hydrogen) atoms. The molecule has 2 aromatic rings. The van der Waals surface area contributed by atoms with E-state index >= 15 is 0 Å². The number of halogens is 2. The Morgan fingerprint density at radius 3 is 3.00 bits per heavy atom. The Hall–Kier alpha value is -1.94. The van der Waals surface area contributed by atoms with Crippen molar-refractivity contribution in [3.05, 3.63) is 64.2 Å². The van der Waals surface area contributed by atoms with Crippen LogP contribution in [0.3, 0.4) is 0 Å². The summed E-state index contributed by atoms with van der Waals surface area (Å²) in [6, 6.07) is 9.19. The summed E-state index contributed by atoms with van der Waals surface area (Å²) in [5, 5.41) is 0.0273. The first kappa shape index (κ1) is 14.0. The van der Waals surface area contributed by atoms with E-state index in [2.05, 4.69) is 11.1 Å². The largest absolute Gasteiger partial charge is 0.335 e. The fourth-order valence-corrected chi connectivity index (χ4v) is 3.03. The zero-order valence-electron chi connectivity index (χ0n) is 11.5. The van der Waals surface area contributed by atoms with Crippen molar-refractivity contribution in [3.63, 3.8) is 0 Å². The molecule has 0 bridgehead atoms. The maximum Gasteiger partial charge on any atom is 0.257 e. The molecule has 0 N–H and O–H groups in total. The molecule has 1 aliphatic rings. The molecular weight excluding hydrogens is 291 g/mol. The summed E-state index contributed by atoms with van der Waals surface area (Å²) in [4.78, 5) is 17.9. The van der Waals surface area contributed by atoms with Crippen LogP contribution in [-0.2, 0) is 6.42 Å². The summed E-state index contributed by atoms with van der Waals surface area (Å²) in [5.74, 6) is -0.878. The highest BCUT2D eigenvalue weighted by Gasteiger charge is 2.29. The Bertz CT molecular complexity index is 704. The molecule has 108 valence electrons. The van der Waals surface area contributed by atoms with Crippen LogP contribution in [0.4, 0.5) is 4.39 Å². The van der Waals surface area contributed by atoms with Crippen LogP contribution >= 0.6 is 11.6 Å². The molecule has 1 unspecified atom stereocenters. The van der Waals surface area contributed by atoms with Crippen LogP contribution in [0.5, 0.6) is 0 Å². The third-order valence-electron chi connectivity index (χ3n) is 3.93. The molecule has 1 aromatic heterocycles. The van der Waals surface area contributed by atoms with Gasteiger partial charge in [0, 0.05) is 7.05 Å². The number of hydrogen-bond donors (Lipinski definition) is 0. The van der Waals surface area contributed by atoms with Crippen LogP contribution < -0.4 is 0 Å². The van der Waals surface area contributed by atoms with E-state index in [-0.39, 0.29) is 22.7 Å². The number of rotatable bonds is 2. The molecule has 0 radical (unpaired) electrons. The van der Waals surface area contributed by atoms with Gasteiger partial charge < -0.3 is 4.90 Å². The van der Waals surface area contributed by atoms with Crippen molar-refractivity contribution in [1.82, 2.24) is 9.88 Å². The average Bonchev–Trinajstić information content (AvgIpc) is 2.92. The minimum atomic E-state index is -0.567. The molecule has 0 saturated carbocycles. The zero-order chi connectivity index (χ0) is 15.0. The second-order valence-electron chi connectivity index (χ2n) is 5.16. The van der Waals surface area contributed by atoms with Crippen LogP contribution in [0.15, 0.2) is 36.5 Å². The first-order valence-electron chi connectivity index (χ1n) is 6.74. The number of amides is 1. The lowest BCUT2D eigenvalue weighted by molar-refractivity contribution is 0.0730. The number of nitrogens with zero attached hydrogens (tertiary/aromatic N) is 2. The number of hydrogen-bond acceptors (Lipinski definition) is 2. The SMILES string of the molecule is CN(C(=O)c1cc(F)cnc1Cl)C1CCc2ccccc21. The molecule has 0 saturated heterocycles. The van der Waals surface area contributed by atoms with Gasteiger partial charge in [-0.3, -0.25) is 4.79 Å². The number of carbonyl (C=O) groups is 1. The van der Waals surface area contributed by atoms with E-state index in [1.54, 1.807) is 11.9 Å². The van der Waals surface area contributed by atoms with Crippen LogP contribution in [0.25, 0.3) is 0 Å². The molecule has 1 aromatic carbocycles. The maximum absolute atomic E-state index is 13.3. The molecule has 1 heterocycles. The number of aryl methyl sites for hydroxylation is 1. The maximum atomic E-state index is 13.3. The normalized spacial score (nSPS) is 16.6. The first-order valence-corrected chi connectivity index (χ1v) is 7.11. The lowest BCUT2D eigenvalue weighted by atomic mass is 10.1. The monoisotopic (exact) mass is 304 g/mol. The van der Waals surface area contributed by atoms with Crippen molar-refractivity contribution in [3.8, 4) is 0 Å². The third kappa shape index (κ3) is 2.51. The Labute approximate surface area is 127 Å². The molecule has 0 fully saturated rings. The van der Waals surface area contributed by atoms with Gasteiger partial charge in [-0.25, -0.2) is 9.37 Å². The van der Waals surface area contributed by atoms with Gasteiger partial charge in [0.25, 0.3) is 5.91 Å². The first-order chi connectivity index (χ1) is 10.1. The van der Waals surface area contributed by atoms with E-state index in [4.69, 9.17) is 11.6 Å². The molecule has 5 heteroatoms. The lowest BCUT2D eigenvalue weighted by Gasteiger charge is -2.25. The van der Waals surface area contributed by atoms with Gasteiger partial charge in [-0.15, -0.1) is 0 Å². The molecule has 0 aliphatic heterocycles. The number of benzene rings is 1. The summed E-state index contributed by atoms with van der Waals surface area (Å²) in [6.07, 6.45) is 2.81. The molecular formula is C16H14ClFN2O. The minimum Gasteiger partial charge on any atom is -0.335 e. The Balaban J connectivity index is 1.91. The van der Waals surface area contributed by atoms with Gasteiger partial charge in [-0.1, -0.05) is 35.9 Å². The molecule has 1 amide bonds. The Morgan fingerprint density at radius 2 is 2.19 bits per heavy atom. The minimum absolute atomic E-state index is 0.00645. The van der Waals surface area contributed by atoms with E-state index in [9.17, 15) is 9.18 Å². The van der Waals surface area contributed by atoms with Gasteiger partial charge in [0.15, 0.2) is 0 Å². The summed E-state index contributed by atoms with van der Waals surface area (Å²) in [5.41, 5.74) is 2.50. The smallest absolute Gasteiger partial charge is 0.257 e. The summed E-state index contributed by atoms with van der Waals surface area (Å²) < 4.78 is 13.3. The van der Waals surface area contributed by atoms with Crippen LogP contribution in [0.1, 0.15) is 33.9 Å². The van der Waals surface area contributed by atoms with E-state index in [0.717, 1.165) is 30.7 Å². The fourth-order valence-electron chi connectivity index (χ4n) is 2.84. The number of fused-ring (bicyclic) bond motifs is 1. The number of pyridine rings is 1. The summed E-state index contributed by atoms with van der Waals surface area (Å²) in [7, 11) is 1.72. The Morgan fingerprint density at radius 1 is 1.43 bits per heavy atom. The third-order valence-corrected chi connectivity index (χ3v) is 4.23. The van der Waals surface area contributed by atoms with E-state index in [1.165, 1.54) is 5.56 Å². The fraction of sp³-hybridized carbons (Fsp3) is 0.250. The Kier molecular flexibility index (Phi) is 3.64. The molecule has 3 nitrogen and oxygen atoms in total. The van der Waals surface area contributed by atoms with Gasteiger partial charge in [-0.2, -0.15) is 0 Å². The second-order valence-corrected chi connectivity index (χ2v) is 5.52. The highest BCUT2D eigenvalue weighted by atomic mass is 35.5.